The SMILES string of the molecule is C=CCn1c(SCc2nc(C)c(C)o2)nc2scc(-c3cccs3)c2c1=O. The number of thioether (sulfide) groups is 1. The summed E-state index contributed by atoms with van der Waals surface area (Å²) >= 11 is 4.58. The van der Waals surface area contributed by atoms with Gasteiger partial charge in [0.25, 0.3) is 5.56 Å². The molecule has 0 bridgehead atoms. The molecule has 0 amide bonds. The molecule has 8 heteroatoms. The minimum atomic E-state index is -0.0354. The molecule has 4 rings (SSSR count). The van der Waals surface area contributed by atoms with Crippen molar-refractivity contribution >= 4 is 44.7 Å². The molecule has 0 aliphatic rings. The van der Waals surface area contributed by atoms with Crippen LogP contribution in [0.4, 0.5) is 0 Å². The van der Waals surface area contributed by atoms with Gasteiger partial charge >= 0.3 is 0 Å². The molecule has 0 radical (unpaired) electrons. The van der Waals surface area contributed by atoms with Crippen LogP contribution in [0.15, 0.2) is 49.9 Å². The maximum Gasteiger partial charge on any atom is 0.263 e. The molecule has 0 atom stereocenters. The van der Waals surface area contributed by atoms with E-state index in [0.29, 0.717) is 28.7 Å². The van der Waals surface area contributed by atoms with Crippen LogP contribution >= 0.6 is 34.4 Å². The van der Waals surface area contributed by atoms with Crippen LogP contribution in [0.2, 0.25) is 0 Å². The van der Waals surface area contributed by atoms with Gasteiger partial charge in [-0.3, -0.25) is 9.36 Å². The highest BCUT2D eigenvalue weighted by Crippen LogP contribution is 2.35. The minimum absolute atomic E-state index is 0.0354. The summed E-state index contributed by atoms with van der Waals surface area (Å²) in [5.74, 6) is 1.98. The van der Waals surface area contributed by atoms with Gasteiger partial charge in [-0.2, -0.15) is 0 Å². The number of hydrogen-bond acceptors (Lipinski definition) is 7. The Kier molecular flexibility index (Phi) is 5.03. The van der Waals surface area contributed by atoms with E-state index in [9.17, 15) is 4.79 Å². The zero-order valence-corrected chi connectivity index (χ0v) is 17.3. The highest BCUT2D eigenvalue weighted by Gasteiger charge is 2.18. The van der Waals surface area contributed by atoms with Crippen molar-refractivity contribution in [2.45, 2.75) is 31.3 Å². The van der Waals surface area contributed by atoms with Crippen LogP contribution in [0.25, 0.3) is 20.7 Å². The normalized spacial score (nSPS) is 11.3. The van der Waals surface area contributed by atoms with Crippen LogP contribution in [0.3, 0.4) is 0 Å². The number of allylic oxidation sites excluding steroid dienone is 1. The van der Waals surface area contributed by atoms with E-state index in [-0.39, 0.29) is 5.56 Å². The van der Waals surface area contributed by atoms with Gasteiger partial charge in [0.15, 0.2) is 5.16 Å². The molecule has 0 aliphatic carbocycles. The third-order valence-corrected chi connectivity index (χ3v) is 6.89. The van der Waals surface area contributed by atoms with E-state index in [1.807, 2.05) is 36.7 Å². The van der Waals surface area contributed by atoms with Crippen LogP contribution in [0.5, 0.6) is 0 Å². The summed E-state index contributed by atoms with van der Waals surface area (Å²) in [6.45, 7) is 8.01. The third-order valence-electron chi connectivity index (χ3n) is 4.15. The first-order valence-corrected chi connectivity index (χ1v) is 11.1. The second kappa shape index (κ2) is 7.46. The molecule has 27 heavy (non-hydrogen) atoms. The van der Waals surface area contributed by atoms with Crippen molar-refractivity contribution in [3.8, 4) is 10.4 Å². The van der Waals surface area contributed by atoms with Crippen molar-refractivity contribution in [2.24, 2.45) is 0 Å². The maximum atomic E-state index is 13.2. The van der Waals surface area contributed by atoms with Gasteiger partial charge in [0, 0.05) is 22.4 Å². The highest BCUT2D eigenvalue weighted by atomic mass is 32.2. The fourth-order valence-corrected chi connectivity index (χ4v) is 5.40. The van der Waals surface area contributed by atoms with Crippen molar-refractivity contribution in [3.05, 3.63) is 63.2 Å². The molecule has 0 unspecified atom stereocenters. The standard InChI is InChI=1S/C19H17N3O2S3/c1-4-7-22-18(23)16-13(14-6-5-8-25-14)9-26-17(16)21-19(22)27-10-15-20-11(2)12(3)24-15/h4-6,8-9H,1,7,10H2,2-3H3. The third kappa shape index (κ3) is 3.40. The molecule has 0 aliphatic heterocycles. The van der Waals surface area contributed by atoms with Gasteiger partial charge in [-0.15, -0.1) is 29.3 Å². The van der Waals surface area contributed by atoms with E-state index in [1.54, 1.807) is 22.0 Å². The lowest BCUT2D eigenvalue weighted by Crippen LogP contribution is -2.22. The molecule has 0 saturated heterocycles. The Morgan fingerprint density at radius 3 is 2.85 bits per heavy atom. The second-order valence-electron chi connectivity index (χ2n) is 5.94. The van der Waals surface area contributed by atoms with Gasteiger partial charge in [-0.1, -0.05) is 23.9 Å². The van der Waals surface area contributed by atoms with Gasteiger partial charge in [0.05, 0.1) is 16.8 Å². The van der Waals surface area contributed by atoms with E-state index in [4.69, 9.17) is 9.40 Å². The van der Waals surface area contributed by atoms with E-state index >= 15 is 0 Å². The lowest BCUT2D eigenvalue weighted by molar-refractivity contribution is 0.489. The van der Waals surface area contributed by atoms with Crippen molar-refractivity contribution < 1.29 is 4.42 Å². The minimum Gasteiger partial charge on any atom is -0.445 e. The van der Waals surface area contributed by atoms with Crippen LogP contribution < -0.4 is 5.56 Å². The molecule has 0 N–H and O–H groups in total. The number of hydrogen-bond donors (Lipinski definition) is 0. The molecule has 0 aromatic carbocycles. The van der Waals surface area contributed by atoms with Crippen LogP contribution in [0.1, 0.15) is 17.3 Å². The Bertz CT molecular complexity index is 1150. The predicted molar refractivity (Wildman–Crippen MR) is 113 cm³/mol. The predicted octanol–water partition coefficient (Wildman–Crippen LogP) is 5.27. The number of thiophene rings is 2. The Morgan fingerprint density at radius 1 is 1.33 bits per heavy atom. The zero-order chi connectivity index (χ0) is 19.0. The van der Waals surface area contributed by atoms with Gasteiger partial charge < -0.3 is 4.42 Å². The number of oxazole rings is 1. The molecule has 0 saturated carbocycles. The fourth-order valence-electron chi connectivity index (χ4n) is 2.75. The van der Waals surface area contributed by atoms with Crippen LogP contribution in [-0.2, 0) is 12.3 Å². The summed E-state index contributed by atoms with van der Waals surface area (Å²) in [5.41, 5.74) is 1.80. The first-order valence-electron chi connectivity index (χ1n) is 8.31. The molecule has 4 aromatic heterocycles. The molecule has 0 fully saturated rings. The Balaban J connectivity index is 1.77. The maximum absolute atomic E-state index is 13.2. The molecular formula is C19H17N3O2S3. The number of rotatable bonds is 6. The summed E-state index contributed by atoms with van der Waals surface area (Å²) in [5, 5.41) is 5.36. The van der Waals surface area contributed by atoms with Crippen molar-refractivity contribution in [2.75, 3.05) is 0 Å². The number of fused-ring (bicyclic) bond motifs is 1. The topological polar surface area (TPSA) is 60.9 Å². The Labute approximate surface area is 168 Å². The van der Waals surface area contributed by atoms with Crippen LogP contribution in [0, 0.1) is 13.8 Å². The summed E-state index contributed by atoms with van der Waals surface area (Å²) in [4.78, 5) is 24.2. The van der Waals surface area contributed by atoms with Gasteiger partial charge in [-0.25, -0.2) is 9.97 Å². The first-order chi connectivity index (χ1) is 13.1. The Morgan fingerprint density at radius 2 is 2.19 bits per heavy atom. The lowest BCUT2D eigenvalue weighted by Gasteiger charge is -2.09. The summed E-state index contributed by atoms with van der Waals surface area (Å²) in [7, 11) is 0. The quantitative estimate of drug-likeness (QED) is 0.244. The number of aryl methyl sites for hydroxylation is 2. The van der Waals surface area contributed by atoms with Crippen LogP contribution in [-0.4, -0.2) is 14.5 Å². The lowest BCUT2D eigenvalue weighted by atomic mass is 10.2. The molecule has 5 nitrogen and oxygen atoms in total. The van der Waals surface area contributed by atoms with E-state index in [2.05, 4.69) is 11.6 Å². The first kappa shape index (κ1) is 18.2. The van der Waals surface area contributed by atoms with Crippen molar-refractivity contribution in [1.82, 2.24) is 14.5 Å². The van der Waals surface area contributed by atoms with Gasteiger partial charge in [0.2, 0.25) is 5.89 Å². The van der Waals surface area contributed by atoms with Gasteiger partial charge in [0.1, 0.15) is 10.6 Å². The van der Waals surface area contributed by atoms with E-state index < -0.39 is 0 Å². The average Bonchev–Trinajstić information content (AvgIpc) is 3.36. The van der Waals surface area contributed by atoms with E-state index in [1.165, 1.54) is 23.1 Å². The summed E-state index contributed by atoms with van der Waals surface area (Å²) in [6.07, 6.45) is 1.72. The Hall–Kier alpha value is -2.16. The molecule has 4 heterocycles. The van der Waals surface area contributed by atoms with E-state index in [0.717, 1.165) is 26.7 Å². The fraction of sp³-hybridized carbons (Fsp3) is 0.211. The van der Waals surface area contributed by atoms with Crippen molar-refractivity contribution in [1.29, 1.82) is 0 Å². The number of aromatic nitrogens is 3. The summed E-state index contributed by atoms with van der Waals surface area (Å²) in [6, 6.07) is 4.02. The second-order valence-corrected chi connectivity index (χ2v) is 8.69. The number of nitrogens with zero attached hydrogens (tertiary/aromatic N) is 3. The molecular weight excluding hydrogens is 398 g/mol. The average molecular weight is 416 g/mol. The zero-order valence-electron chi connectivity index (χ0n) is 14.9. The smallest absolute Gasteiger partial charge is 0.263 e. The van der Waals surface area contributed by atoms with Crippen molar-refractivity contribution in [3.63, 3.8) is 0 Å². The van der Waals surface area contributed by atoms with Gasteiger partial charge in [-0.05, 0) is 25.3 Å². The molecule has 4 aromatic rings. The highest BCUT2D eigenvalue weighted by molar-refractivity contribution is 7.98. The summed E-state index contributed by atoms with van der Waals surface area (Å²) < 4.78 is 7.32. The molecule has 138 valence electrons. The monoisotopic (exact) mass is 415 g/mol. The largest absolute Gasteiger partial charge is 0.445 e. The molecule has 0 spiro atoms.